The van der Waals surface area contributed by atoms with E-state index in [1.54, 1.807) is 6.07 Å². The number of benzene rings is 1. The van der Waals surface area contributed by atoms with Gasteiger partial charge in [-0.2, -0.15) is 0 Å². The summed E-state index contributed by atoms with van der Waals surface area (Å²) >= 11 is 9.28. The molecule has 0 saturated heterocycles. The van der Waals surface area contributed by atoms with Crippen molar-refractivity contribution in [1.82, 2.24) is 10.2 Å². The first kappa shape index (κ1) is 14.2. The van der Waals surface area contributed by atoms with E-state index >= 15 is 0 Å². The topological polar surface area (TPSA) is 37.8 Å². The third-order valence-electron chi connectivity index (χ3n) is 2.92. The zero-order valence-corrected chi connectivity index (χ0v) is 12.8. The van der Waals surface area contributed by atoms with Gasteiger partial charge < -0.3 is 5.32 Å². The summed E-state index contributed by atoms with van der Waals surface area (Å²) < 4.78 is 14.0. The van der Waals surface area contributed by atoms with E-state index in [0.29, 0.717) is 17.5 Å². The van der Waals surface area contributed by atoms with E-state index in [4.69, 9.17) is 11.6 Å². The van der Waals surface area contributed by atoms with Crippen molar-refractivity contribution >= 4 is 33.3 Å². The van der Waals surface area contributed by atoms with Gasteiger partial charge in [-0.05, 0) is 48.7 Å². The van der Waals surface area contributed by atoms with Gasteiger partial charge in [-0.1, -0.05) is 27.5 Å². The fourth-order valence-electron chi connectivity index (χ4n) is 1.60. The third kappa shape index (κ3) is 3.22. The van der Waals surface area contributed by atoms with Crippen LogP contribution in [-0.4, -0.2) is 10.2 Å². The van der Waals surface area contributed by atoms with Crippen molar-refractivity contribution in [2.75, 3.05) is 5.32 Å². The molecule has 0 fully saturated rings. The molecule has 1 aromatic carbocycles. The van der Waals surface area contributed by atoms with E-state index in [-0.39, 0.29) is 5.82 Å². The lowest BCUT2D eigenvalue weighted by atomic mass is 10.2. The van der Waals surface area contributed by atoms with Gasteiger partial charge in [-0.3, -0.25) is 0 Å². The van der Waals surface area contributed by atoms with Crippen LogP contribution in [0.4, 0.5) is 10.2 Å². The summed E-state index contributed by atoms with van der Waals surface area (Å²) in [5, 5.41) is 11.4. The summed E-state index contributed by atoms with van der Waals surface area (Å²) in [6.07, 6.45) is 0. The minimum Gasteiger partial charge on any atom is -0.364 e. The lowest BCUT2D eigenvalue weighted by Crippen LogP contribution is -2.06. The summed E-state index contributed by atoms with van der Waals surface area (Å²) in [6, 6.07) is 4.56. The van der Waals surface area contributed by atoms with Gasteiger partial charge in [0.15, 0.2) is 11.0 Å². The van der Waals surface area contributed by atoms with Gasteiger partial charge in [0.05, 0.1) is 0 Å². The minimum atomic E-state index is -0.268. The van der Waals surface area contributed by atoms with Crippen LogP contribution in [0.25, 0.3) is 0 Å². The highest BCUT2D eigenvalue weighted by molar-refractivity contribution is 9.10. The van der Waals surface area contributed by atoms with Gasteiger partial charge in [-0.15, -0.1) is 10.2 Å². The number of anilines is 1. The molecule has 0 saturated carbocycles. The molecular formula is C13H12BrClFN3. The van der Waals surface area contributed by atoms with Gasteiger partial charge in [0, 0.05) is 11.0 Å². The van der Waals surface area contributed by atoms with E-state index < -0.39 is 0 Å². The summed E-state index contributed by atoms with van der Waals surface area (Å²) in [6.45, 7) is 4.25. The van der Waals surface area contributed by atoms with Crippen LogP contribution in [0, 0.1) is 19.7 Å². The Morgan fingerprint density at radius 2 is 2.00 bits per heavy atom. The van der Waals surface area contributed by atoms with Crippen molar-refractivity contribution < 1.29 is 4.39 Å². The summed E-state index contributed by atoms with van der Waals surface area (Å²) in [5.41, 5.74) is 2.64. The van der Waals surface area contributed by atoms with Crippen molar-refractivity contribution in [3.05, 3.63) is 50.3 Å². The van der Waals surface area contributed by atoms with Crippen molar-refractivity contribution in [3.8, 4) is 0 Å². The maximum absolute atomic E-state index is 13.2. The minimum absolute atomic E-state index is 0.268. The van der Waals surface area contributed by atoms with Gasteiger partial charge in [0.1, 0.15) is 5.82 Å². The van der Waals surface area contributed by atoms with Crippen molar-refractivity contribution in [1.29, 1.82) is 0 Å². The molecule has 0 atom stereocenters. The van der Waals surface area contributed by atoms with Crippen LogP contribution >= 0.6 is 27.5 Å². The van der Waals surface area contributed by atoms with E-state index in [2.05, 4.69) is 31.4 Å². The van der Waals surface area contributed by atoms with Crippen molar-refractivity contribution in [2.24, 2.45) is 0 Å². The summed E-state index contributed by atoms with van der Waals surface area (Å²) in [7, 11) is 0. The molecule has 0 aliphatic heterocycles. The molecule has 0 aliphatic carbocycles. The Balaban J connectivity index is 2.19. The summed E-state index contributed by atoms with van der Waals surface area (Å²) in [4.78, 5) is 0. The number of hydrogen-bond acceptors (Lipinski definition) is 3. The van der Waals surface area contributed by atoms with Crippen molar-refractivity contribution in [2.45, 2.75) is 20.4 Å². The monoisotopic (exact) mass is 343 g/mol. The average Bonchev–Trinajstić information content (AvgIpc) is 2.39. The van der Waals surface area contributed by atoms with Crippen molar-refractivity contribution in [3.63, 3.8) is 0 Å². The largest absolute Gasteiger partial charge is 0.364 e. The Bertz CT molecular complexity index is 619. The van der Waals surface area contributed by atoms with Gasteiger partial charge >= 0.3 is 0 Å². The number of rotatable bonds is 3. The zero-order valence-electron chi connectivity index (χ0n) is 10.5. The standard InChI is InChI=1S/C13H12BrClFN3/c1-7-8(2)13(19-18-12(7)15)17-6-9-5-10(16)3-4-11(9)14/h3-5H,6H2,1-2H3,(H,17,19). The van der Waals surface area contributed by atoms with Crippen LogP contribution < -0.4 is 5.32 Å². The predicted octanol–water partition coefficient (Wildman–Crippen LogP) is 4.26. The maximum Gasteiger partial charge on any atom is 0.155 e. The number of halogens is 3. The molecule has 3 nitrogen and oxygen atoms in total. The normalized spacial score (nSPS) is 10.6. The first-order valence-electron chi connectivity index (χ1n) is 5.66. The molecule has 0 amide bonds. The molecule has 1 aromatic heterocycles. The Labute approximate surface area is 124 Å². The van der Waals surface area contributed by atoms with Crippen LogP contribution in [0.5, 0.6) is 0 Å². The maximum atomic E-state index is 13.2. The van der Waals surface area contributed by atoms with Gasteiger partial charge in [-0.25, -0.2) is 4.39 Å². The molecule has 2 rings (SSSR count). The molecule has 2 aromatic rings. The first-order chi connectivity index (χ1) is 8.99. The van der Waals surface area contributed by atoms with Gasteiger partial charge in [0.25, 0.3) is 0 Å². The van der Waals surface area contributed by atoms with Crippen LogP contribution in [0.1, 0.15) is 16.7 Å². The highest BCUT2D eigenvalue weighted by Gasteiger charge is 2.08. The number of nitrogens with zero attached hydrogens (tertiary/aromatic N) is 2. The average molecular weight is 345 g/mol. The molecule has 0 aliphatic rings. The SMILES string of the molecule is Cc1c(Cl)nnc(NCc2cc(F)ccc2Br)c1C. The zero-order chi connectivity index (χ0) is 14.0. The molecule has 0 spiro atoms. The lowest BCUT2D eigenvalue weighted by molar-refractivity contribution is 0.625. The molecule has 1 N–H and O–H groups in total. The fraction of sp³-hybridized carbons (Fsp3) is 0.231. The smallest absolute Gasteiger partial charge is 0.155 e. The Kier molecular flexibility index (Phi) is 4.37. The summed E-state index contributed by atoms with van der Waals surface area (Å²) in [5.74, 6) is 0.383. The van der Waals surface area contributed by atoms with Crippen LogP contribution in [0.3, 0.4) is 0 Å². The Hall–Kier alpha value is -1.20. The fourth-order valence-corrected chi connectivity index (χ4v) is 2.17. The highest BCUT2D eigenvalue weighted by Crippen LogP contribution is 2.23. The number of nitrogens with one attached hydrogen (secondary N) is 1. The molecule has 100 valence electrons. The molecule has 19 heavy (non-hydrogen) atoms. The molecular weight excluding hydrogens is 333 g/mol. The predicted molar refractivity (Wildman–Crippen MR) is 77.9 cm³/mol. The van der Waals surface area contributed by atoms with Crippen LogP contribution in [0.15, 0.2) is 22.7 Å². The number of aromatic nitrogens is 2. The second-order valence-electron chi connectivity index (χ2n) is 4.18. The van der Waals surface area contributed by atoms with E-state index in [1.807, 2.05) is 13.8 Å². The van der Waals surface area contributed by atoms with Gasteiger partial charge in [0.2, 0.25) is 0 Å². The highest BCUT2D eigenvalue weighted by atomic mass is 79.9. The Morgan fingerprint density at radius 3 is 2.74 bits per heavy atom. The second kappa shape index (κ2) is 5.84. The molecule has 6 heteroatoms. The molecule has 0 radical (unpaired) electrons. The number of hydrogen-bond donors (Lipinski definition) is 1. The quantitative estimate of drug-likeness (QED) is 0.904. The Morgan fingerprint density at radius 1 is 1.26 bits per heavy atom. The lowest BCUT2D eigenvalue weighted by Gasteiger charge is -2.11. The van der Waals surface area contributed by atoms with Crippen LogP contribution in [0.2, 0.25) is 5.15 Å². The van der Waals surface area contributed by atoms with Crippen LogP contribution in [-0.2, 0) is 6.54 Å². The van der Waals surface area contributed by atoms with E-state index in [1.165, 1.54) is 12.1 Å². The second-order valence-corrected chi connectivity index (χ2v) is 5.39. The first-order valence-corrected chi connectivity index (χ1v) is 6.83. The molecule has 1 heterocycles. The van der Waals surface area contributed by atoms with E-state index in [9.17, 15) is 4.39 Å². The third-order valence-corrected chi connectivity index (χ3v) is 4.05. The molecule has 0 unspecified atom stereocenters. The van der Waals surface area contributed by atoms with E-state index in [0.717, 1.165) is 21.2 Å². The molecule has 0 bridgehead atoms.